The summed E-state index contributed by atoms with van der Waals surface area (Å²) in [7, 11) is 0. The number of likely N-dealkylation sites (tertiary alicyclic amines) is 1. The Kier molecular flexibility index (Phi) is 1.89. The summed E-state index contributed by atoms with van der Waals surface area (Å²) in [5, 5.41) is 11.0. The van der Waals surface area contributed by atoms with Crippen LogP contribution in [0.15, 0.2) is 24.0 Å². The zero-order chi connectivity index (χ0) is 11.2. The molecule has 0 unspecified atom stereocenters. The first-order chi connectivity index (χ1) is 7.69. The third-order valence-electron chi connectivity index (χ3n) is 3.75. The average Bonchev–Trinajstić information content (AvgIpc) is 2.77. The van der Waals surface area contributed by atoms with Crippen molar-refractivity contribution in [1.82, 2.24) is 15.3 Å². The van der Waals surface area contributed by atoms with Crippen LogP contribution < -0.4 is 5.43 Å². The number of hydrogen-bond acceptors (Lipinski definition) is 3. The van der Waals surface area contributed by atoms with Crippen LogP contribution in [0.25, 0.3) is 0 Å². The quantitative estimate of drug-likeness (QED) is 0.640. The van der Waals surface area contributed by atoms with Crippen molar-refractivity contribution in [1.29, 1.82) is 0 Å². The summed E-state index contributed by atoms with van der Waals surface area (Å²) >= 11 is 0. The third-order valence-corrected chi connectivity index (χ3v) is 3.75. The van der Waals surface area contributed by atoms with Crippen molar-refractivity contribution in [2.75, 3.05) is 19.6 Å². The fourth-order valence-electron chi connectivity index (χ4n) is 2.76. The molecule has 1 fully saturated rings. The van der Waals surface area contributed by atoms with E-state index in [1.54, 1.807) is 0 Å². The maximum Gasteiger partial charge on any atom is 0.407 e. The number of piperidine rings is 1. The number of hydrazine groups is 1. The minimum Gasteiger partial charge on any atom is -0.465 e. The van der Waals surface area contributed by atoms with Crippen molar-refractivity contribution in [3.05, 3.63) is 24.0 Å². The van der Waals surface area contributed by atoms with E-state index in [2.05, 4.69) is 22.6 Å². The average molecular weight is 221 g/mol. The summed E-state index contributed by atoms with van der Waals surface area (Å²) in [5.41, 5.74) is 4.58. The molecule has 0 radical (unpaired) electrons. The maximum absolute atomic E-state index is 10.8. The Labute approximate surface area is 94.0 Å². The highest BCUT2D eigenvalue weighted by Gasteiger charge is 2.41. The van der Waals surface area contributed by atoms with Gasteiger partial charge in [0.25, 0.3) is 0 Å². The van der Waals surface area contributed by atoms with E-state index in [-0.39, 0.29) is 5.41 Å². The van der Waals surface area contributed by atoms with E-state index in [4.69, 9.17) is 5.11 Å². The lowest BCUT2D eigenvalue weighted by Crippen LogP contribution is -2.44. The van der Waals surface area contributed by atoms with E-state index >= 15 is 0 Å². The Balaban J connectivity index is 1.72. The van der Waals surface area contributed by atoms with E-state index in [1.807, 2.05) is 6.20 Å². The minimum atomic E-state index is -0.793. The van der Waals surface area contributed by atoms with E-state index in [9.17, 15) is 4.79 Å². The van der Waals surface area contributed by atoms with Gasteiger partial charge in [-0.1, -0.05) is 6.08 Å². The van der Waals surface area contributed by atoms with Gasteiger partial charge in [0, 0.05) is 31.2 Å². The molecule has 0 aromatic rings. The lowest BCUT2D eigenvalue weighted by molar-refractivity contribution is 0.0997. The summed E-state index contributed by atoms with van der Waals surface area (Å²) < 4.78 is 0. The van der Waals surface area contributed by atoms with Gasteiger partial charge in [-0.05, 0) is 18.9 Å². The van der Waals surface area contributed by atoms with Gasteiger partial charge in [-0.3, -0.25) is 5.01 Å². The second-order valence-corrected chi connectivity index (χ2v) is 4.75. The number of allylic oxidation sites excluding steroid dienone is 1. The number of nitrogens with one attached hydrogen (secondary N) is 1. The molecule has 2 N–H and O–H groups in total. The zero-order valence-corrected chi connectivity index (χ0v) is 9.02. The molecule has 0 aromatic heterocycles. The van der Waals surface area contributed by atoms with Crippen molar-refractivity contribution in [3.63, 3.8) is 0 Å². The predicted octanol–water partition coefficient (Wildman–Crippen LogP) is 0.978. The smallest absolute Gasteiger partial charge is 0.407 e. The Bertz CT molecular complexity index is 381. The number of fused-ring (bicyclic) bond motifs is 1. The largest absolute Gasteiger partial charge is 0.465 e. The molecule has 0 saturated carbocycles. The zero-order valence-electron chi connectivity index (χ0n) is 9.02. The van der Waals surface area contributed by atoms with Gasteiger partial charge in [0.05, 0.1) is 5.70 Å². The Morgan fingerprint density at radius 2 is 2.19 bits per heavy atom. The van der Waals surface area contributed by atoms with Gasteiger partial charge in [-0.2, -0.15) is 0 Å². The molecule has 16 heavy (non-hydrogen) atoms. The van der Waals surface area contributed by atoms with Crippen molar-refractivity contribution in [3.8, 4) is 0 Å². The molecule has 5 nitrogen and oxygen atoms in total. The molecule has 86 valence electrons. The van der Waals surface area contributed by atoms with Gasteiger partial charge in [0.1, 0.15) is 0 Å². The second-order valence-electron chi connectivity index (χ2n) is 4.75. The second kappa shape index (κ2) is 3.17. The van der Waals surface area contributed by atoms with Crippen molar-refractivity contribution in [2.45, 2.75) is 12.8 Å². The van der Waals surface area contributed by atoms with Crippen molar-refractivity contribution >= 4 is 6.09 Å². The monoisotopic (exact) mass is 221 g/mol. The summed E-state index contributed by atoms with van der Waals surface area (Å²) in [6, 6.07) is 0. The van der Waals surface area contributed by atoms with Crippen LogP contribution in [-0.4, -0.2) is 40.7 Å². The summed E-state index contributed by atoms with van der Waals surface area (Å²) in [5.74, 6) is 0. The highest BCUT2D eigenvalue weighted by molar-refractivity contribution is 5.65. The first-order valence-electron chi connectivity index (χ1n) is 5.60. The van der Waals surface area contributed by atoms with Crippen LogP contribution in [0.1, 0.15) is 12.8 Å². The molecule has 1 amide bonds. The lowest BCUT2D eigenvalue weighted by Gasteiger charge is -2.37. The van der Waals surface area contributed by atoms with Gasteiger partial charge < -0.3 is 15.4 Å². The lowest BCUT2D eigenvalue weighted by atomic mass is 9.79. The molecular weight excluding hydrogens is 206 g/mol. The van der Waals surface area contributed by atoms with Crippen LogP contribution >= 0.6 is 0 Å². The molecule has 0 aliphatic carbocycles. The molecule has 3 rings (SSSR count). The molecule has 3 aliphatic heterocycles. The fourth-order valence-corrected chi connectivity index (χ4v) is 2.76. The molecule has 1 spiro atoms. The topological polar surface area (TPSA) is 55.8 Å². The van der Waals surface area contributed by atoms with Crippen molar-refractivity contribution in [2.24, 2.45) is 5.41 Å². The molecular formula is C11H15N3O2. The van der Waals surface area contributed by atoms with Gasteiger partial charge in [0.15, 0.2) is 0 Å². The highest BCUT2D eigenvalue weighted by atomic mass is 16.4. The first kappa shape index (κ1) is 9.57. The van der Waals surface area contributed by atoms with Crippen LogP contribution in [0.2, 0.25) is 0 Å². The molecule has 1 saturated heterocycles. The number of hydrogen-bond donors (Lipinski definition) is 2. The van der Waals surface area contributed by atoms with Gasteiger partial charge in [0.2, 0.25) is 0 Å². The Morgan fingerprint density at radius 3 is 2.81 bits per heavy atom. The molecule has 3 aliphatic rings. The maximum atomic E-state index is 10.8. The van der Waals surface area contributed by atoms with Gasteiger partial charge in [-0.15, -0.1) is 0 Å². The van der Waals surface area contributed by atoms with E-state index < -0.39 is 6.09 Å². The summed E-state index contributed by atoms with van der Waals surface area (Å²) in [6.45, 7) is 2.26. The Morgan fingerprint density at radius 1 is 1.44 bits per heavy atom. The SMILES string of the molecule is O=C(O)N1CCC2(C=C3C=CNN3C2)CC1. The number of carboxylic acid groups (broad SMARTS) is 1. The van der Waals surface area contributed by atoms with E-state index in [0.29, 0.717) is 13.1 Å². The van der Waals surface area contributed by atoms with E-state index in [1.165, 1.54) is 10.6 Å². The highest BCUT2D eigenvalue weighted by Crippen LogP contribution is 2.41. The third kappa shape index (κ3) is 1.35. The number of nitrogens with zero attached hydrogens (tertiary/aromatic N) is 2. The van der Waals surface area contributed by atoms with E-state index in [0.717, 1.165) is 19.4 Å². The first-order valence-corrected chi connectivity index (χ1v) is 5.60. The fraction of sp³-hybridized carbons (Fsp3) is 0.545. The molecule has 0 atom stereocenters. The van der Waals surface area contributed by atoms with Crippen LogP contribution in [0.5, 0.6) is 0 Å². The molecule has 5 heteroatoms. The molecule has 0 bridgehead atoms. The number of amides is 1. The summed E-state index contributed by atoms with van der Waals surface area (Å²) in [6.07, 6.45) is 7.36. The van der Waals surface area contributed by atoms with Gasteiger partial charge in [-0.25, -0.2) is 4.79 Å². The van der Waals surface area contributed by atoms with Crippen LogP contribution in [0, 0.1) is 5.41 Å². The standard InChI is InChI=1S/C11H15N3O2/c15-10(16)13-5-2-11(3-6-13)7-9-1-4-12-14(9)8-11/h1,4,7,12H,2-3,5-6,8H2,(H,15,16). The van der Waals surface area contributed by atoms with Crippen LogP contribution in [0.3, 0.4) is 0 Å². The summed E-state index contributed by atoms with van der Waals surface area (Å²) in [4.78, 5) is 12.3. The van der Waals surface area contributed by atoms with Crippen molar-refractivity contribution < 1.29 is 9.90 Å². The number of rotatable bonds is 0. The molecule has 3 heterocycles. The van der Waals surface area contributed by atoms with Crippen LogP contribution in [0.4, 0.5) is 4.79 Å². The normalized spacial score (nSPS) is 25.6. The Hall–Kier alpha value is -1.65. The number of carbonyl (C=O) groups is 1. The molecule has 0 aromatic carbocycles. The minimum absolute atomic E-state index is 0.180. The van der Waals surface area contributed by atoms with Gasteiger partial charge >= 0.3 is 6.09 Å². The van der Waals surface area contributed by atoms with Crippen LogP contribution in [-0.2, 0) is 0 Å². The predicted molar refractivity (Wildman–Crippen MR) is 58.3 cm³/mol.